The summed E-state index contributed by atoms with van der Waals surface area (Å²) >= 11 is 0. The number of carbonyl (C=O) groups excluding carboxylic acids is 1. The fraction of sp³-hybridized carbons (Fsp3) is 0.364. The van der Waals surface area contributed by atoms with Gasteiger partial charge in [0.1, 0.15) is 6.10 Å². The molecule has 1 aliphatic heterocycles. The molecular formula is C22H23N3O2. The number of amides is 1. The number of hydrogen-bond donors (Lipinski definition) is 1. The van der Waals surface area contributed by atoms with Gasteiger partial charge in [0, 0.05) is 29.8 Å². The Labute approximate surface area is 159 Å². The van der Waals surface area contributed by atoms with Crippen LogP contribution >= 0.6 is 0 Å². The van der Waals surface area contributed by atoms with Crippen LogP contribution in [0.25, 0.3) is 0 Å². The van der Waals surface area contributed by atoms with Crippen molar-refractivity contribution in [2.75, 3.05) is 4.90 Å². The topological polar surface area (TPSA) is 79.3 Å². The zero-order valence-electron chi connectivity index (χ0n) is 15.3. The first-order valence-electron chi connectivity index (χ1n) is 9.39. The van der Waals surface area contributed by atoms with Crippen LogP contribution in [0.4, 0.5) is 10.5 Å². The van der Waals surface area contributed by atoms with Crippen LogP contribution in [0.2, 0.25) is 0 Å². The Hall–Kier alpha value is -3.00. The number of anilines is 1. The van der Waals surface area contributed by atoms with E-state index in [1.807, 2.05) is 36.4 Å². The Bertz CT molecular complexity index is 886. The molecule has 5 nitrogen and oxygen atoms in total. The van der Waals surface area contributed by atoms with Crippen molar-refractivity contribution >= 4 is 11.8 Å². The van der Waals surface area contributed by atoms with Gasteiger partial charge in [-0.3, -0.25) is 0 Å². The van der Waals surface area contributed by atoms with E-state index in [2.05, 4.69) is 30.0 Å². The van der Waals surface area contributed by atoms with Crippen LogP contribution in [0.1, 0.15) is 42.6 Å². The van der Waals surface area contributed by atoms with Crippen molar-refractivity contribution in [1.82, 2.24) is 0 Å². The lowest BCUT2D eigenvalue weighted by Crippen LogP contribution is -2.48. The SMILES string of the molecule is C[C@@H]1[C@@H](OC(N)=O)c2cc(C#N)ccc2N(Cc2ccccc2)[C@H]1C1CC1. The van der Waals surface area contributed by atoms with Crippen LogP contribution in [-0.4, -0.2) is 12.1 Å². The standard InChI is InChI=1S/C22H23N3O2/c1-14-20(17-8-9-17)25(13-15-5-3-2-4-6-15)19-10-7-16(12-23)11-18(19)21(14)27-22(24)26/h2-7,10-11,14,17,20-21H,8-9,13H2,1H3,(H2,24,26)/t14-,20+,21+/m0/s1. The number of ether oxygens (including phenoxy) is 1. The molecule has 0 aromatic heterocycles. The second-order valence-corrected chi connectivity index (χ2v) is 7.54. The maximum Gasteiger partial charge on any atom is 0.405 e. The summed E-state index contributed by atoms with van der Waals surface area (Å²) in [6.45, 7) is 2.91. The van der Waals surface area contributed by atoms with Gasteiger partial charge in [0.25, 0.3) is 0 Å². The quantitative estimate of drug-likeness (QED) is 0.888. The van der Waals surface area contributed by atoms with Crippen molar-refractivity contribution in [3.8, 4) is 6.07 Å². The first-order chi connectivity index (χ1) is 13.1. The van der Waals surface area contributed by atoms with E-state index in [-0.39, 0.29) is 12.0 Å². The largest absolute Gasteiger partial charge is 0.441 e. The lowest BCUT2D eigenvalue weighted by Gasteiger charge is -2.46. The molecule has 5 heteroatoms. The average molecular weight is 361 g/mol. The number of nitriles is 1. The van der Waals surface area contributed by atoms with Crippen molar-refractivity contribution in [3.63, 3.8) is 0 Å². The van der Waals surface area contributed by atoms with Gasteiger partial charge in [-0.1, -0.05) is 37.3 Å². The van der Waals surface area contributed by atoms with Gasteiger partial charge < -0.3 is 15.4 Å². The number of nitrogens with zero attached hydrogens (tertiary/aromatic N) is 2. The Morgan fingerprint density at radius 3 is 2.63 bits per heavy atom. The van der Waals surface area contributed by atoms with Crippen LogP contribution in [0.5, 0.6) is 0 Å². The van der Waals surface area contributed by atoms with Crippen LogP contribution in [-0.2, 0) is 11.3 Å². The number of benzene rings is 2. The molecule has 1 fully saturated rings. The summed E-state index contributed by atoms with van der Waals surface area (Å²) in [5.41, 5.74) is 9.06. The minimum Gasteiger partial charge on any atom is -0.441 e. The molecule has 27 heavy (non-hydrogen) atoms. The summed E-state index contributed by atoms with van der Waals surface area (Å²) in [4.78, 5) is 14.0. The monoisotopic (exact) mass is 361 g/mol. The molecule has 0 saturated heterocycles. The van der Waals surface area contributed by atoms with Crippen molar-refractivity contribution in [3.05, 3.63) is 65.2 Å². The molecule has 3 atom stereocenters. The van der Waals surface area contributed by atoms with E-state index in [0.717, 1.165) is 17.8 Å². The first-order valence-corrected chi connectivity index (χ1v) is 9.39. The summed E-state index contributed by atoms with van der Waals surface area (Å²) < 4.78 is 5.54. The predicted octanol–water partition coefficient (Wildman–Crippen LogP) is 4.13. The zero-order chi connectivity index (χ0) is 19.0. The van der Waals surface area contributed by atoms with Crippen molar-refractivity contribution in [1.29, 1.82) is 5.26 Å². The van der Waals surface area contributed by atoms with Crippen molar-refractivity contribution < 1.29 is 9.53 Å². The summed E-state index contributed by atoms with van der Waals surface area (Å²) in [7, 11) is 0. The lowest BCUT2D eigenvalue weighted by molar-refractivity contribution is 0.0545. The van der Waals surface area contributed by atoms with Crippen LogP contribution in [0.3, 0.4) is 0 Å². The number of rotatable bonds is 4. The van der Waals surface area contributed by atoms with Crippen molar-refractivity contribution in [2.45, 2.75) is 38.5 Å². The van der Waals surface area contributed by atoms with E-state index < -0.39 is 12.2 Å². The third-order valence-corrected chi connectivity index (χ3v) is 5.69. The third-order valence-electron chi connectivity index (χ3n) is 5.69. The molecule has 138 valence electrons. The Morgan fingerprint density at radius 1 is 1.26 bits per heavy atom. The molecule has 2 aromatic carbocycles. The summed E-state index contributed by atoms with van der Waals surface area (Å²) in [6.07, 6.45) is 1.18. The molecule has 0 bridgehead atoms. The molecule has 0 radical (unpaired) electrons. The highest BCUT2D eigenvalue weighted by molar-refractivity contribution is 5.67. The highest BCUT2D eigenvalue weighted by Crippen LogP contribution is 2.50. The third kappa shape index (κ3) is 3.35. The van der Waals surface area contributed by atoms with Crippen LogP contribution in [0, 0.1) is 23.2 Å². The first kappa shape index (κ1) is 17.4. The Balaban J connectivity index is 1.81. The van der Waals surface area contributed by atoms with Crippen LogP contribution in [0.15, 0.2) is 48.5 Å². The molecule has 4 rings (SSSR count). The predicted molar refractivity (Wildman–Crippen MR) is 103 cm³/mol. The number of hydrogen-bond acceptors (Lipinski definition) is 4. The molecule has 2 N–H and O–H groups in total. The molecule has 2 aliphatic rings. The van der Waals surface area contributed by atoms with Crippen LogP contribution < -0.4 is 10.6 Å². The van der Waals surface area contributed by atoms with Gasteiger partial charge in [-0.15, -0.1) is 0 Å². The maximum absolute atomic E-state index is 11.6. The minimum absolute atomic E-state index is 0.0927. The van der Waals surface area contributed by atoms with E-state index >= 15 is 0 Å². The number of nitrogens with two attached hydrogens (primary N) is 1. The van der Waals surface area contributed by atoms with Gasteiger partial charge in [0.15, 0.2) is 0 Å². The second kappa shape index (κ2) is 6.96. The molecule has 1 amide bonds. The van der Waals surface area contributed by atoms with E-state index in [1.165, 1.54) is 18.4 Å². The highest BCUT2D eigenvalue weighted by atomic mass is 16.6. The molecule has 0 unspecified atom stereocenters. The molecule has 1 heterocycles. The molecule has 2 aromatic rings. The molecule has 1 aliphatic carbocycles. The Kier molecular flexibility index (Phi) is 4.49. The zero-order valence-corrected chi connectivity index (χ0v) is 15.3. The van der Waals surface area contributed by atoms with E-state index in [0.29, 0.717) is 11.5 Å². The number of carbonyl (C=O) groups is 1. The van der Waals surface area contributed by atoms with Gasteiger partial charge in [-0.25, -0.2) is 4.79 Å². The summed E-state index contributed by atoms with van der Waals surface area (Å²) in [6, 6.07) is 18.5. The lowest BCUT2D eigenvalue weighted by atomic mass is 9.81. The fourth-order valence-electron chi connectivity index (χ4n) is 4.41. The molecule has 1 saturated carbocycles. The summed E-state index contributed by atoms with van der Waals surface area (Å²) in [5, 5.41) is 9.33. The van der Waals surface area contributed by atoms with Gasteiger partial charge >= 0.3 is 6.09 Å². The van der Waals surface area contributed by atoms with Gasteiger partial charge in [-0.05, 0) is 42.5 Å². The minimum atomic E-state index is -0.772. The van der Waals surface area contributed by atoms with Crippen molar-refractivity contribution in [2.24, 2.45) is 17.6 Å². The van der Waals surface area contributed by atoms with Gasteiger partial charge in [-0.2, -0.15) is 5.26 Å². The maximum atomic E-state index is 11.6. The summed E-state index contributed by atoms with van der Waals surface area (Å²) in [5.74, 6) is 0.682. The van der Waals surface area contributed by atoms with E-state index in [9.17, 15) is 10.1 Å². The van der Waals surface area contributed by atoms with Gasteiger partial charge in [0.05, 0.1) is 11.6 Å². The Morgan fingerprint density at radius 2 is 2.00 bits per heavy atom. The normalized spacial score (nSPS) is 24.0. The smallest absolute Gasteiger partial charge is 0.405 e. The highest BCUT2D eigenvalue weighted by Gasteiger charge is 2.47. The second-order valence-electron chi connectivity index (χ2n) is 7.54. The van der Waals surface area contributed by atoms with E-state index in [1.54, 1.807) is 0 Å². The van der Waals surface area contributed by atoms with E-state index in [4.69, 9.17) is 10.5 Å². The molecular weight excluding hydrogens is 338 g/mol. The number of fused-ring (bicyclic) bond motifs is 1. The molecule has 0 spiro atoms. The fourth-order valence-corrected chi connectivity index (χ4v) is 4.41. The number of primary amides is 1. The van der Waals surface area contributed by atoms with Gasteiger partial charge in [0.2, 0.25) is 0 Å². The average Bonchev–Trinajstić information content (AvgIpc) is 3.50.